The van der Waals surface area contributed by atoms with Gasteiger partial charge in [-0.25, -0.2) is 0 Å². The Hall–Kier alpha value is -1.09. The lowest BCUT2D eigenvalue weighted by molar-refractivity contribution is 0.403. The lowest BCUT2D eigenvalue weighted by Gasteiger charge is -2.21. The van der Waals surface area contributed by atoms with Crippen molar-refractivity contribution in [3.05, 3.63) is 17.2 Å². The highest BCUT2D eigenvalue weighted by Gasteiger charge is 2.41. The van der Waals surface area contributed by atoms with Gasteiger partial charge in [0, 0.05) is 18.2 Å². The molecule has 3 rings (SSSR count). The number of hydrogen-bond donors (Lipinski definition) is 1. The molecule has 2 aliphatic carbocycles. The van der Waals surface area contributed by atoms with Crippen LogP contribution < -0.4 is 14.8 Å². The van der Waals surface area contributed by atoms with Crippen molar-refractivity contribution in [2.24, 2.45) is 11.8 Å². The van der Waals surface area contributed by atoms with Gasteiger partial charge in [-0.15, -0.1) is 0 Å². The van der Waals surface area contributed by atoms with Gasteiger partial charge in [0.25, 0.3) is 0 Å². The Morgan fingerprint density at radius 1 is 1.05 bits per heavy atom. The van der Waals surface area contributed by atoms with Crippen LogP contribution in [0.25, 0.3) is 0 Å². The van der Waals surface area contributed by atoms with Gasteiger partial charge in [-0.3, -0.25) is 0 Å². The predicted octanol–water partition coefficient (Wildman–Crippen LogP) is 3.96. The average molecular weight is 282 g/mol. The van der Waals surface area contributed by atoms with Crippen LogP contribution in [-0.2, 0) is 0 Å². The first-order chi connectivity index (χ1) is 9.22. The smallest absolute Gasteiger partial charge is 0.143 e. The first-order valence-corrected chi connectivity index (χ1v) is 7.28. The first kappa shape index (κ1) is 12.9. The molecule has 1 N–H and O–H groups in total. The summed E-state index contributed by atoms with van der Waals surface area (Å²) < 4.78 is 10.7. The van der Waals surface area contributed by atoms with Crippen molar-refractivity contribution in [1.82, 2.24) is 0 Å². The highest BCUT2D eigenvalue weighted by molar-refractivity contribution is 6.32. The van der Waals surface area contributed by atoms with E-state index in [0.717, 1.165) is 23.3 Å². The number of anilines is 1. The van der Waals surface area contributed by atoms with Gasteiger partial charge in [-0.05, 0) is 37.5 Å². The Kier molecular flexibility index (Phi) is 3.48. The first-order valence-electron chi connectivity index (χ1n) is 6.91. The minimum atomic E-state index is 0.583. The SMILES string of the molecule is COc1cc(NC(C2CC2)C2CC2)c(OC)cc1Cl. The maximum absolute atomic E-state index is 6.13. The van der Waals surface area contributed by atoms with Crippen LogP contribution in [0.1, 0.15) is 25.7 Å². The molecule has 2 saturated carbocycles. The molecule has 0 spiro atoms. The largest absolute Gasteiger partial charge is 0.495 e. The van der Waals surface area contributed by atoms with Gasteiger partial charge in [0.1, 0.15) is 11.5 Å². The molecule has 0 unspecified atom stereocenters. The van der Waals surface area contributed by atoms with Crippen LogP contribution in [0, 0.1) is 11.8 Å². The van der Waals surface area contributed by atoms with Crippen molar-refractivity contribution < 1.29 is 9.47 Å². The molecular weight excluding hydrogens is 262 g/mol. The van der Waals surface area contributed by atoms with Gasteiger partial charge in [-0.2, -0.15) is 0 Å². The molecular formula is C15H20ClNO2. The molecule has 19 heavy (non-hydrogen) atoms. The monoisotopic (exact) mass is 281 g/mol. The Labute approximate surface area is 119 Å². The second kappa shape index (κ2) is 5.12. The third kappa shape index (κ3) is 2.76. The van der Waals surface area contributed by atoms with Crippen LogP contribution in [0.15, 0.2) is 12.1 Å². The molecule has 0 heterocycles. The number of halogens is 1. The minimum absolute atomic E-state index is 0.583. The summed E-state index contributed by atoms with van der Waals surface area (Å²) in [5.41, 5.74) is 0.993. The fourth-order valence-electron chi connectivity index (χ4n) is 2.68. The molecule has 1 aromatic carbocycles. The van der Waals surface area contributed by atoms with E-state index in [1.807, 2.05) is 12.1 Å². The summed E-state index contributed by atoms with van der Waals surface area (Å²) in [6.07, 6.45) is 5.39. The Morgan fingerprint density at radius 3 is 2.11 bits per heavy atom. The lowest BCUT2D eigenvalue weighted by Crippen LogP contribution is -2.24. The number of ether oxygens (including phenoxy) is 2. The fraction of sp³-hybridized carbons (Fsp3) is 0.600. The molecule has 0 atom stereocenters. The summed E-state index contributed by atoms with van der Waals surface area (Å²) >= 11 is 6.13. The van der Waals surface area contributed by atoms with Crippen LogP contribution in [0.2, 0.25) is 5.02 Å². The number of rotatable bonds is 6. The van der Waals surface area contributed by atoms with Crippen molar-refractivity contribution in [2.45, 2.75) is 31.7 Å². The Balaban J connectivity index is 1.85. The zero-order chi connectivity index (χ0) is 13.4. The highest BCUT2D eigenvalue weighted by Crippen LogP contribution is 2.47. The zero-order valence-electron chi connectivity index (χ0n) is 11.4. The Morgan fingerprint density at radius 2 is 1.63 bits per heavy atom. The molecule has 0 radical (unpaired) electrons. The maximum Gasteiger partial charge on any atom is 0.143 e. The number of hydrogen-bond acceptors (Lipinski definition) is 3. The van der Waals surface area contributed by atoms with Crippen LogP contribution in [0.5, 0.6) is 11.5 Å². The van der Waals surface area contributed by atoms with Crippen LogP contribution in [0.4, 0.5) is 5.69 Å². The summed E-state index contributed by atoms with van der Waals surface area (Å²) in [6.45, 7) is 0. The van der Waals surface area contributed by atoms with E-state index in [2.05, 4.69) is 5.32 Å². The normalized spacial score (nSPS) is 18.5. The molecule has 4 heteroatoms. The summed E-state index contributed by atoms with van der Waals surface area (Å²) in [5, 5.41) is 4.24. The second-order valence-corrected chi connectivity index (χ2v) is 5.94. The van der Waals surface area contributed by atoms with Gasteiger partial charge >= 0.3 is 0 Å². The summed E-state index contributed by atoms with van der Waals surface area (Å²) in [4.78, 5) is 0. The fourth-order valence-corrected chi connectivity index (χ4v) is 2.91. The molecule has 3 nitrogen and oxygen atoms in total. The van der Waals surface area contributed by atoms with E-state index < -0.39 is 0 Å². The van der Waals surface area contributed by atoms with Crippen molar-refractivity contribution in [1.29, 1.82) is 0 Å². The molecule has 104 valence electrons. The molecule has 2 fully saturated rings. The van der Waals surface area contributed by atoms with E-state index >= 15 is 0 Å². The van der Waals surface area contributed by atoms with Crippen LogP contribution in [0.3, 0.4) is 0 Å². The molecule has 0 bridgehead atoms. The van der Waals surface area contributed by atoms with E-state index in [9.17, 15) is 0 Å². The summed E-state index contributed by atoms with van der Waals surface area (Å²) in [7, 11) is 3.31. The molecule has 0 aliphatic heterocycles. The topological polar surface area (TPSA) is 30.5 Å². The molecule has 0 aromatic heterocycles. The molecule has 0 saturated heterocycles. The number of methoxy groups -OCH3 is 2. The van der Waals surface area contributed by atoms with Gasteiger partial charge in [0.2, 0.25) is 0 Å². The maximum atomic E-state index is 6.13. The number of benzene rings is 1. The second-order valence-electron chi connectivity index (χ2n) is 5.53. The minimum Gasteiger partial charge on any atom is -0.495 e. The van der Waals surface area contributed by atoms with Crippen molar-refractivity contribution in [2.75, 3.05) is 19.5 Å². The van der Waals surface area contributed by atoms with Crippen molar-refractivity contribution in [3.8, 4) is 11.5 Å². The summed E-state index contributed by atoms with van der Waals surface area (Å²) in [5.74, 6) is 3.14. The van der Waals surface area contributed by atoms with Gasteiger partial charge in [-0.1, -0.05) is 11.6 Å². The molecule has 2 aliphatic rings. The van der Waals surface area contributed by atoms with E-state index in [1.165, 1.54) is 25.7 Å². The van der Waals surface area contributed by atoms with Gasteiger partial charge in [0.15, 0.2) is 0 Å². The van der Waals surface area contributed by atoms with E-state index in [1.54, 1.807) is 14.2 Å². The third-order valence-corrected chi connectivity index (χ3v) is 4.35. The zero-order valence-corrected chi connectivity index (χ0v) is 12.2. The van der Waals surface area contributed by atoms with Crippen molar-refractivity contribution in [3.63, 3.8) is 0 Å². The standard InChI is InChI=1S/C15H20ClNO2/c1-18-13-8-12(14(19-2)7-11(13)16)17-15(9-3-4-9)10-5-6-10/h7-10,15,17H,3-6H2,1-2H3. The van der Waals surface area contributed by atoms with Crippen LogP contribution >= 0.6 is 11.6 Å². The van der Waals surface area contributed by atoms with Gasteiger partial charge in [0.05, 0.1) is 24.9 Å². The quantitative estimate of drug-likeness (QED) is 0.856. The average Bonchev–Trinajstić information content (AvgIpc) is 3.29. The molecule has 0 amide bonds. The number of nitrogens with one attached hydrogen (secondary N) is 1. The van der Waals surface area contributed by atoms with E-state index in [0.29, 0.717) is 16.8 Å². The predicted molar refractivity (Wildman–Crippen MR) is 77.4 cm³/mol. The van der Waals surface area contributed by atoms with Crippen LogP contribution in [-0.4, -0.2) is 20.3 Å². The van der Waals surface area contributed by atoms with Gasteiger partial charge < -0.3 is 14.8 Å². The Bertz CT molecular complexity index is 457. The lowest BCUT2D eigenvalue weighted by atomic mass is 10.1. The third-order valence-electron chi connectivity index (χ3n) is 4.06. The highest BCUT2D eigenvalue weighted by atomic mass is 35.5. The molecule has 1 aromatic rings. The summed E-state index contributed by atoms with van der Waals surface area (Å²) in [6, 6.07) is 4.35. The van der Waals surface area contributed by atoms with Crippen molar-refractivity contribution >= 4 is 17.3 Å². The van der Waals surface area contributed by atoms with E-state index in [-0.39, 0.29) is 0 Å². The van der Waals surface area contributed by atoms with E-state index in [4.69, 9.17) is 21.1 Å².